The van der Waals surface area contributed by atoms with Crippen molar-refractivity contribution in [3.8, 4) is 0 Å². The SMILES string of the molecule is Cc1ccc(C(=O)N2CCN(C(=O)c3c(C)nn(Cc4ccccc4Cl)c3Cl)CC2)s1. The van der Waals surface area contributed by atoms with Gasteiger partial charge < -0.3 is 9.80 Å². The van der Waals surface area contributed by atoms with Crippen LogP contribution in [0.1, 0.15) is 36.2 Å². The van der Waals surface area contributed by atoms with Crippen molar-refractivity contribution in [1.29, 1.82) is 0 Å². The van der Waals surface area contributed by atoms with Gasteiger partial charge in [-0.15, -0.1) is 11.3 Å². The van der Waals surface area contributed by atoms with Gasteiger partial charge in [0.15, 0.2) is 0 Å². The third-order valence-electron chi connectivity index (χ3n) is 5.36. The summed E-state index contributed by atoms with van der Waals surface area (Å²) < 4.78 is 1.60. The zero-order valence-electron chi connectivity index (χ0n) is 17.3. The molecule has 0 radical (unpaired) electrons. The molecular formula is C22H22Cl2N4O2S. The molecule has 6 nitrogen and oxygen atoms in total. The van der Waals surface area contributed by atoms with E-state index in [2.05, 4.69) is 5.10 Å². The molecule has 1 fully saturated rings. The molecule has 0 saturated carbocycles. The van der Waals surface area contributed by atoms with Crippen LogP contribution >= 0.6 is 34.5 Å². The summed E-state index contributed by atoms with van der Waals surface area (Å²) in [7, 11) is 0. The minimum atomic E-state index is -0.160. The van der Waals surface area contributed by atoms with E-state index in [-0.39, 0.29) is 11.8 Å². The average molecular weight is 477 g/mol. The normalized spacial score (nSPS) is 14.2. The summed E-state index contributed by atoms with van der Waals surface area (Å²) in [5, 5.41) is 5.39. The van der Waals surface area contributed by atoms with Crippen LogP contribution in [0.5, 0.6) is 0 Å². The van der Waals surface area contributed by atoms with E-state index in [9.17, 15) is 9.59 Å². The Bertz CT molecular complexity index is 1130. The second-order valence-electron chi connectivity index (χ2n) is 7.49. The third-order valence-corrected chi connectivity index (χ3v) is 7.10. The number of nitrogens with zero attached hydrogens (tertiary/aromatic N) is 4. The molecular weight excluding hydrogens is 455 g/mol. The quantitative estimate of drug-likeness (QED) is 0.556. The molecule has 9 heteroatoms. The second kappa shape index (κ2) is 9.02. The fourth-order valence-corrected chi connectivity index (χ4v) is 5.01. The van der Waals surface area contributed by atoms with E-state index in [1.807, 2.05) is 43.3 Å². The maximum Gasteiger partial charge on any atom is 0.264 e. The molecule has 4 rings (SSSR count). The number of amides is 2. The molecule has 1 aromatic carbocycles. The molecule has 1 aliphatic heterocycles. The fraction of sp³-hybridized carbons (Fsp3) is 0.318. The molecule has 2 amide bonds. The summed E-state index contributed by atoms with van der Waals surface area (Å²) in [4.78, 5) is 31.2. The molecule has 0 unspecified atom stereocenters. The van der Waals surface area contributed by atoms with Crippen molar-refractivity contribution in [2.75, 3.05) is 26.2 Å². The molecule has 3 aromatic rings. The first-order chi connectivity index (χ1) is 14.8. The molecule has 162 valence electrons. The summed E-state index contributed by atoms with van der Waals surface area (Å²) >= 11 is 14.3. The Morgan fingerprint density at radius 2 is 1.61 bits per heavy atom. The monoisotopic (exact) mass is 476 g/mol. The number of halogens is 2. The van der Waals surface area contributed by atoms with Crippen molar-refractivity contribution >= 4 is 46.4 Å². The smallest absolute Gasteiger partial charge is 0.264 e. The van der Waals surface area contributed by atoms with E-state index in [0.717, 1.165) is 15.3 Å². The number of aryl methyl sites for hydroxylation is 2. The van der Waals surface area contributed by atoms with Crippen molar-refractivity contribution < 1.29 is 9.59 Å². The second-order valence-corrected chi connectivity index (χ2v) is 9.55. The van der Waals surface area contributed by atoms with E-state index in [0.29, 0.717) is 54.2 Å². The largest absolute Gasteiger partial charge is 0.335 e. The van der Waals surface area contributed by atoms with Crippen LogP contribution in [0.15, 0.2) is 36.4 Å². The Morgan fingerprint density at radius 3 is 2.23 bits per heavy atom. The van der Waals surface area contributed by atoms with E-state index < -0.39 is 0 Å². The molecule has 1 saturated heterocycles. The third kappa shape index (κ3) is 4.49. The minimum Gasteiger partial charge on any atom is -0.335 e. The van der Waals surface area contributed by atoms with Gasteiger partial charge in [-0.25, -0.2) is 4.68 Å². The Labute approximate surface area is 195 Å². The molecule has 0 atom stereocenters. The van der Waals surface area contributed by atoms with Gasteiger partial charge in [0.05, 0.1) is 22.7 Å². The lowest BCUT2D eigenvalue weighted by molar-refractivity contribution is 0.0537. The predicted molar refractivity (Wildman–Crippen MR) is 123 cm³/mol. The number of benzene rings is 1. The molecule has 0 spiro atoms. The summed E-state index contributed by atoms with van der Waals surface area (Å²) in [5.41, 5.74) is 1.86. The van der Waals surface area contributed by atoms with Crippen LogP contribution in [0, 0.1) is 13.8 Å². The number of carbonyl (C=O) groups excluding carboxylic acids is 2. The summed E-state index contributed by atoms with van der Waals surface area (Å²) in [5.74, 6) is -0.140. The Hall–Kier alpha value is -2.35. The zero-order chi connectivity index (χ0) is 22.1. The lowest BCUT2D eigenvalue weighted by Crippen LogP contribution is -2.50. The van der Waals surface area contributed by atoms with Crippen LogP contribution in [0.2, 0.25) is 10.2 Å². The van der Waals surface area contributed by atoms with E-state index >= 15 is 0 Å². The van der Waals surface area contributed by atoms with Gasteiger partial charge in [0.2, 0.25) is 0 Å². The number of hydrogen-bond acceptors (Lipinski definition) is 4. The highest BCUT2D eigenvalue weighted by atomic mass is 35.5. The number of aromatic nitrogens is 2. The van der Waals surface area contributed by atoms with Crippen LogP contribution in [0.3, 0.4) is 0 Å². The topological polar surface area (TPSA) is 58.4 Å². The number of thiophene rings is 1. The molecule has 3 heterocycles. The Morgan fingerprint density at radius 1 is 0.968 bits per heavy atom. The highest BCUT2D eigenvalue weighted by molar-refractivity contribution is 7.13. The molecule has 31 heavy (non-hydrogen) atoms. The van der Waals surface area contributed by atoms with Crippen LogP contribution in [0.4, 0.5) is 0 Å². The van der Waals surface area contributed by atoms with Crippen LogP contribution < -0.4 is 0 Å². The molecule has 0 N–H and O–H groups in total. The van der Waals surface area contributed by atoms with Crippen molar-refractivity contribution in [1.82, 2.24) is 19.6 Å². The Kier molecular flexibility index (Phi) is 6.36. The first kappa shape index (κ1) is 21.9. The van der Waals surface area contributed by atoms with Gasteiger partial charge >= 0.3 is 0 Å². The average Bonchev–Trinajstić information content (AvgIpc) is 3.31. The van der Waals surface area contributed by atoms with Gasteiger partial charge in [-0.2, -0.15) is 5.10 Å². The Balaban J connectivity index is 1.45. The van der Waals surface area contributed by atoms with E-state index in [1.54, 1.807) is 21.4 Å². The first-order valence-corrected chi connectivity index (χ1v) is 11.5. The van der Waals surface area contributed by atoms with E-state index in [4.69, 9.17) is 23.2 Å². The number of carbonyl (C=O) groups is 2. The summed E-state index contributed by atoms with van der Waals surface area (Å²) in [6.45, 7) is 6.05. The molecule has 1 aliphatic rings. The highest BCUT2D eigenvalue weighted by Crippen LogP contribution is 2.25. The standard InChI is InChI=1S/C22H22Cl2N4O2S/c1-14-7-8-18(31-14)21(29)26-9-11-27(12-10-26)22(30)19-15(2)25-28(20(19)24)13-16-5-3-4-6-17(16)23/h3-8H,9-13H2,1-2H3. The number of hydrogen-bond donors (Lipinski definition) is 0. The predicted octanol–water partition coefficient (Wildman–Crippen LogP) is 4.51. The van der Waals surface area contributed by atoms with Crippen molar-refractivity contribution in [3.05, 3.63) is 73.1 Å². The summed E-state index contributed by atoms with van der Waals surface area (Å²) in [6.07, 6.45) is 0. The van der Waals surface area contributed by atoms with Crippen LogP contribution in [-0.4, -0.2) is 57.6 Å². The van der Waals surface area contributed by atoms with Gasteiger partial charge in [-0.05, 0) is 37.6 Å². The van der Waals surface area contributed by atoms with Crippen molar-refractivity contribution in [2.24, 2.45) is 0 Å². The van der Waals surface area contributed by atoms with Crippen molar-refractivity contribution in [2.45, 2.75) is 20.4 Å². The lowest BCUT2D eigenvalue weighted by atomic mass is 10.2. The van der Waals surface area contributed by atoms with Crippen LogP contribution in [0.25, 0.3) is 0 Å². The maximum absolute atomic E-state index is 13.2. The van der Waals surface area contributed by atoms with Gasteiger partial charge in [0.1, 0.15) is 5.15 Å². The van der Waals surface area contributed by atoms with Gasteiger partial charge in [-0.1, -0.05) is 41.4 Å². The van der Waals surface area contributed by atoms with E-state index in [1.165, 1.54) is 11.3 Å². The lowest BCUT2D eigenvalue weighted by Gasteiger charge is -2.34. The van der Waals surface area contributed by atoms with Gasteiger partial charge in [-0.3, -0.25) is 9.59 Å². The highest BCUT2D eigenvalue weighted by Gasteiger charge is 2.30. The van der Waals surface area contributed by atoms with Gasteiger partial charge in [0, 0.05) is 36.1 Å². The first-order valence-electron chi connectivity index (χ1n) is 9.96. The number of piperazine rings is 1. The zero-order valence-corrected chi connectivity index (χ0v) is 19.6. The minimum absolute atomic E-state index is 0.0203. The van der Waals surface area contributed by atoms with Crippen LogP contribution in [-0.2, 0) is 6.54 Å². The maximum atomic E-state index is 13.2. The van der Waals surface area contributed by atoms with Gasteiger partial charge in [0.25, 0.3) is 11.8 Å². The van der Waals surface area contributed by atoms with Crippen molar-refractivity contribution in [3.63, 3.8) is 0 Å². The fourth-order valence-electron chi connectivity index (χ4n) is 3.67. The molecule has 0 bridgehead atoms. The molecule has 0 aliphatic carbocycles. The number of rotatable bonds is 4. The summed E-state index contributed by atoms with van der Waals surface area (Å²) in [6, 6.07) is 11.3. The molecule has 2 aromatic heterocycles.